The number of carbonyl (C=O) groups is 1. The minimum absolute atomic E-state index is 0.278. The largest absolute Gasteiger partial charge is 0.303 e. The van der Waals surface area contributed by atoms with Crippen LogP contribution in [0.25, 0.3) is 0 Å². The van der Waals surface area contributed by atoms with Crippen LogP contribution in [0.3, 0.4) is 0 Å². The van der Waals surface area contributed by atoms with E-state index in [2.05, 4.69) is 31.4 Å². The number of Topliss-reactive ketones (excluding diaryl/α,β-unsaturated/α-hetero) is 1. The third kappa shape index (κ3) is 9.10. The van der Waals surface area contributed by atoms with Crippen molar-refractivity contribution in [2.75, 3.05) is 19.6 Å². The molecule has 0 aromatic rings. The third-order valence-electron chi connectivity index (χ3n) is 5.08. The molecule has 1 aliphatic heterocycles. The number of hydrogen-bond acceptors (Lipinski definition) is 2. The second kappa shape index (κ2) is 11.6. The number of nitrogens with zero attached hydrogens (tertiary/aromatic N) is 1. The quantitative estimate of drug-likeness (QED) is 0.493. The first kappa shape index (κ1) is 20.2. The van der Waals surface area contributed by atoms with Crippen molar-refractivity contribution in [2.45, 2.75) is 78.6 Å². The normalized spacial score (nSPS) is 19.5. The highest BCUT2D eigenvalue weighted by atomic mass is 16.1. The molecule has 0 N–H and O–H groups in total. The van der Waals surface area contributed by atoms with E-state index >= 15 is 0 Å². The van der Waals surface area contributed by atoms with Gasteiger partial charge in [0.2, 0.25) is 0 Å². The SMILES string of the molecule is C=C(CCC(C)=O)CCC(CCC)CN1CCC/C(=C/C)CC1. The highest BCUT2D eigenvalue weighted by molar-refractivity contribution is 5.75. The Labute approximate surface area is 144 Å². The van der Waals surface area contributed by atoms with Gasteiger partial charge in [-0.15, -0.1) is 0 Å². The summed E-state index contributed by atoms with van der Waals surface area (Å²) >= 11 is 0. The van der Waals surface area contributed by atoms with E-state index in [1.54, 1.807) is 12.5 Å². The number of ketones is 1. The molecule has 1 rings (SSSR count). The van der Waals surface area contributed by atoms with E-state index in [0.29, 0.717) is 6.42 Å². The summed E-state index contributed by atoms with van der Waals surface area (Å²) in [5.41, 5.74) is 2.89. The molecule has 2 heteroatoms. The lowest BCUT2D eigenvalue weighted by atomic mass is 9.93. The minimum atomic E-state index is 0.278. The van der Waals surface area contributed by atoms with Crippen molar-refractivity contribution in [3.8, 4) is 0 Å². The average Bonchev–Trinajstić information content (AvgIpc) is 2.76. The van der Waals surface area contributed by atoms with Gasteiger partial charge in [0.1, 0.15) is 5.78 Å². The number of hydrogen-bond donors (Lipinski definition) is 0. The zero-order chi connectivity index (χ0) is 17.1. The Morgan fingerprint density at radius 3 is 2.65 bits per heavy atom. The Bertz CT molecular complexity index is 397. The van der Waals surface area contributed by atoms with Crippen molar-refractivity contribution in [1.82, 2.24) is 4.90 Å². The molecule has 1 fully saturated rings. The molecule has 1 aliphatic rings. The molecule has 2 nitrogen and oxygen atoms in total. The molecule has 1 saturated heterocycles. The van der Waals surface area contributed by atoms with E-state index in [4.69, 9.17) is 0 Å². The molecule has 0 saturated carbocycles. The van der Waals surface area contributed by atoms with E-state index in [9.17, 15) is 4.79 Å². The highest BCUT2D eigenvalue weighted by Gasteiger charge is 2.16. The molecular weight excluding hydrogens is 282 g/mol. The van der Waals surface area contributed by atoms with Crippen molar-refractivity contribution < 1.29 is 4.79 Å². The van der Waals surface area contributed by atoms with Gasteiger partial charge < -0.3 is 9.69 Å². The molecule has 1 atom stereocenters. The van der Waals surface area contributed by atoms with Crippen LogP contribution < -0.4 is 0 Å². The van der Waals surface area contributed by atoms with Gasteiger partial charge in [-0.3, -0.25) is 0 Å². The van der Waals surface area contributed by atoms with Crippen LogP contribution in [-0.4, -0.2) is 30.3 Å². The molecule has 1 unspecified atom stereocenters. The Hall–Kier alpha value is -0.890. The molecular formula is C21H37NO. The Balaban J connectivity index is 2.38. The van der Waals surface area contributed by atoms with Gasteiger partial charge >= 0.3 is 0 Å². The van der Waals surface area contributed by atoms with Crippen LogP contribution in [0.1, 0.15) is 78.6 Å². The first-order chi connectivity index (χ1) is 11.0. The second-order valence-electron chi connectivity index (χ2n) is 7.25. The summed E-state index contributed by atoms with van der Waals surface area (Å²) in [5, 5.41) is 0. The Morgan fingerprint density at radius 2 is 2.00 bits per heavy atom. The van der Waals surface area contributed by atoms with Gasteiger partial charge in [-0.2, -0.15) is 0 Å². The third-order valence-corrected chi connectivity index (χ3v) is 5.08. The summed E-state index contributed by atoms with van der Waals surface area (Å²) in [6.45, 7) is 14.0. The second-order valence-corrected chi connectivity index (χ2v) is 7.25. The van der Waals surface area contributed by atoms with Gasteiger partial charge in [0.25, 0.3) is 0 Å². The molecule has 1 heterocycles. The lowest BCUT2D eigenvalue weighted by Crippen LogP contribution is -2.30. The summed E-state index contributed by atoms with van der Waals surface area (Å²) in [6, 6.07) is 0. The Kier molecular flexibility index (Phi) is 10.2. The predicted molar refractivity (Wildman–Crippen MR) is 101 cm³/mol. The van der Waals surface area contributed by atoms with Gasteiger partial charge in [0, 0.05) is 19.5 Å². The van der Waals surface area contributed by atoms with Crippen molar-refractivity contribution in [3.05, 3.63) is 23.8 Å². The monoisotopic (exact) mass is 319 g/mol. The number of allylic oxidation sites excluding steroid dienone is 2. The van der Waals surface area contributed by atoms with Crippen molar-refractivity contribution in [1.29, 1.82) is 0 Å². The number of rotatable bonds is 10. The topological polar surface area (TPSA) is 20.3 Å². The van der Waals surface area contributed by atoms with Gasteiger partial charge in [-0.1, -0.05) is 37.1 Å². The van der Waals surface area contributed by atoms with Crippen LogP contribution in [0.2, 0.25) is 0 Å². The summed E-state index contributed by atoms with van der Waals surface area (Å²) in [7, 11) is 0. The van der Waals surface area contributed by atoms with Crippen molar-refractivity contribution in [3.63, 3.8) is 0 Å². The molecule has 0 aromatic heterocycles. The van der Waals surface area contributed by atoms with Crippen LogP contribution >= 0.6 is 0 Å². The van der Waals surface area contributed by atoms with Crippen LogP contribution in [0, 0.1) is 5.92 Å². The van der Waals surface area contributed by atoms with E-state index in [1.165, 1.54) is 63.7 Å². The zero-order valence-corrected chi connectivity index (χ0v) is 15.7. The van der Waals surface area contributed by atoms with Crippen molar-refractivity contribution in [2.24, 2.45) is 5.92 Å². The molecule has 0 bridgehead atoms. The fourth-order valence-electron chi connectivity index (χ4n) is 3.53. The smallest absolute Gasteiger partial charge is 0.130 e. The van der Waals surface area contributed by atoms with Gasteiger partial charge in [0.05, 0.1) is 0 Å². The van der Waals surface area contributed by atoms with E-state index in [-0.39, 0.29) is 5.78 Å². The molecule has 132 valence electrons. The minimum Gasteiger partial charge on any atom is -0.303 e. The standard InChI is InChI=1S/C21H37NO/c1-5-8-21(13-11-18(3)10-12-19(4)23)17-22-15-7-9-20(6-2)14-16-22/h6,21H,3,5,7-17H2,1-2,4H3/b20-6-. The van der Waals surface area contributed by atoms with Crippen LogP contribution in [0.15, 0.2) is 23.8 Å². The molecule has 0 aromatic carbocycles. The maximum absolute atomic E-state index is 11.1. The molecule has 23 heavy (non-hydrogen) atoms. The van der Waals surface area contributed by atoms with Crippen molar-refractivity contribution >= 4 is 5.78 Å². The molecule has 0 amide bonds. The lowest BCUT2D eigenvalue weighted by molar-refractivity contribution is -0.116. The summed E-state index contributed by atoms with van der Waals surface area (Å²) < 4.78 is 0. The maximum Gasteiger partial charge on any atom is 0.130 e. The fraction of sp³-hybridized carbons (Fsp3) is 0.762. The first-order valence-corrected chi connectivity index (χ1v) is 9.57. The van der Waals surface area contributed by atoms with Crippen LogP contribution in [0.5, 0.6) is 0 Å². The maximum atomic E-state index is 11.1. The predicted octanol–water partition coefficient (Wildman–Crippen LogP) is 5.54. The zero-order valence-electron chi connectivity index (χ0n) is 15.7. The highest BCUT2D eigenvalue weighted by Crippen LogP contribution is 2.23. The average molecular weight is 320 g/mol. The molecule has 0 spiro atoms. The van der Waals surface area contributed by atoms with Crippen LogP contribution in [0.4, 0.5) is 0 Å². The van der Waals surface area contributed by atoms with Gasteiger partial charge in [0.15, 0.2) is 0 Å². The summed E-state index contributed by atoms with van der Waals surface area (Å²) in [4.78, 5) is 13.8. The first-order valence-electron chi connectivity index (χ1n) is 9.57. The molecule has 0 aliphatic carbocycles. The van der Waals surface area contributed by atoms with E-state index in [1.807, 2.05) is 0 Å². The van der Waals surface area contributed by atoms with Gasteiger partial charge in [-0.25, -0.2) is 0 Å². The Morgan fingerprint density at radius 1 is 1.22 bits per heavy atom. The number of carbonyl (C=O) groups excluding carboxylic acids is 1. The summed E-state index contributed by atoms with van der Waals surface area (Å²) in [5.74, 6) is 1.06. The van der Waals surface area contributed by atoms with E-state index in [0.717, 1.165) is 18.8 Å². The van der Waals surface area contributed by atoms with Gasteiger partial charge in [-0.05, 0) is 71.3 Å². The fourth-order valence-corrected chi connectivity index (χ4v) is 3.53. The van der Waals surface area contributed by atoms with E-state index < -0.39 is 0 Å². The van der Waals surface area contributed by atoms with Crippen LogP contribution in [-0.2, 0) is 4.79 Å². The summed E-state index contributed by atoms with van der Waals surface area (Å²) in [6.07, 6.45) is 12.6. The lowest BCUT2D eigenvalue weighted by Gasteiger charge is -2.26. The number of likely N-dealkylation sites (tertiary alicyclic amines) is 1. The molecule has 0 radical (unpaired) electrons.